The number of benzene rings is 1. The van der Waals surface area contributed by atoms with E-state index in [4.69, 9.17) is 18.9 Å². The smallest absolute Gasteiger partial charge is 0.407 e. The van der Waals surface area contributed by atoms with Crippen molar-refractivity contribution in [1.82, 2.24) is 5.32 Å². The minimum absolute atomic E-state index is 0. The highest BCUT2D eigenvalue weighted by Gasteiger charge is 2.38. The molecule has 7 heteroatoms. The number of cyclic esters (lactones) is 1. The van der Waals surface area contributed by atoms with Gasteiger partial charge >= 0.3 is 6.09 Å². The lowest BCUT2D eigenvalue weighted by atomic mass is 9.80. The lowest BCUT2D eigenvalue weighted by molar-refractivity contribution is 0.0386. The molecule has 6 nitrogen and oxygen atoms in total. The molecule has 1 aliphatic rings. The predicted molar refractivity (Wildman–Crippen MR) is 84.4 cm³/mol. The average molecular weight is 332 g/mol. The lowest BCUT2D eigenvalue weighted by Crippen LogP contribution is -2.46. The van der Waals surface area contributed by atoms with Gasteiger partial charge in [-0.1, -0.05) is 13.8 Å². The molecule has 0 bridgehead atoms. The van der Waals surface area contributed by atoms with Crippen molar-refractivity contribution in [2.75, 3.05) is 27.9 Å². The molecule has 0 aromatic heterocycles. The third kappa shape index (κ3) is 3.32. The number of halogens is 1. The van der Waals surface area contributed by atoms with Gasteiger partial charge in [0.1, 0.15) is 6.61 Å². The first-order chi connectivity index (χ1) is 9.92. The van der Waals surface area contributed by atoms with Gasteiger partial charge in [-0.15, -0.1) is 12.4 Å². The van der Waals surface area contributed by atoms with Crippen molar-refractivity contribution < 1.29 is 23.7 Å². The summed E-state index contributed by atoms with van der Waals surface area (Å²) in [6.07, 6.45) is -0.423. The van der Waals surface area contributed by atoms with Gasteiger partial charge in [0, 0.05) is 5.41 Å². The molecule has 0 radical (unpaired) electrons. The van der Waals surface area contributed by atoms with Crippen molar-refractivity contribution in [2.24, 2.45) is 5.41 Å². The van der Waals surface area contributed by atoms with Gasteiger partial charge in [-0.05, 0) is 17.7 Å². The number of hydrogen-bond donors (Lipinski definition) is 1. The maximum absolute atomic E-state index is 11.5. The fraction of sp³-hybridized carbons (Fsp3) is 0.533. The summed E-state index contributed by atoms with van der Waals surface area (Å²) >= 11 is 0. The molecular weight excluding hydrogens is 310 g/mol. The van der Waals surface area contributed by atoms with E-state index in [-0.39, 0.29) is 23.9 Å². The monoisotopic (exact) mass is 331 g/mol. The van der Waals surface area contributed by atoms with Gasteiger partial charge < -0.3 is 24.3 Å². The highest BCUT2D eigenvalue weighted by Crippen LogP contribution is 2.44. The minimum Gasteiger partial charge on any atom is -0.493 e. The van der Waals surface area contributed by atoms with Crippen molar-refractivity contribution in [2.45, 2.75) is 19.9 Å². The molecule has 2 rings (SSSR count). The van der Waals surface area contributed by atoms with Crippen LogP contribution in [-0.2, 0) is 4.74 Å². The molecule has 1 aliphatic heterocycles. The van der Waals surface area contributed by atoms with Crippen LogP contribution in [0.2, 0.25) is 0 Å². The van der Waals surface area contributed by atoms with E-state index in [0.29, 0.717) is 23.9 Å². The van der Waals surface area contributed by atoms with E-state index in [9.17, 15) is 4.79 Å². The Labute approximate surface area is 136 Å². The van der Waals surface area contributed by atoms with Gasteiger partial charge in [-0.25, -0.2) is 4.79 Å². The first-order valence-electron chi connectivity index (χ1n) is 6.66. The van der Waals surface area contributed by atoms with E-state index in [1.165, 1.54) is 0 Å². The lowest BCUT2D eigenvalue weighted by Gasteiger charge is -2.38. The number of ether oxygens (including phenoxy) is 4. The van der Waals surface area contributed by atoms with E-state index < -0.39 is 6.09 Å². The fourth-order valence-corrected chi connectivity index (χ4v) is 2.49. The second-order valence-electron chi connectivity index (χ2n) is 5.60. The number of rotatable bonds is 4. The molecule has 1 heterocycles. The van der Waals surface area contributed by atoms with Gasteiger partial charge in [-0.2, -0.15) is 0 Å². The number of alkyl carbamates (subject to hydrolysis) is 1. The van der Waals surface area contributed by atoms with Crippen molar-refractivity contribution in [3.05, 3.63) is 17.7 Å². The summed E-state index contributed by atoms with van der Waals surface area (Å²) in [5.41, 5.74) is 0.629. The number of amides is 1. The molecule has 1 N–H and O–H groups in total. The molecule has 1 aromatic carbocycles. The predicted octanol–water partition coefficient (Wildman–Crippen LogP) is 2.94. The first-order valence-corrected chi connectivity index (χ1v) is 6.66. The Morgan fingerprint density at radius 3 is 2.14 bits per heavy atom. The van der Waals surface area contributed by atoms with E-state index in [2.05, 4.69) is 5.32 Å². The van der Waals surface area contributed by atoms with Crippen molar-refractivity contribution >= 4 is 18.5 Å². The summed E-state index contributed by atoms with van der Waals surface area (Å²) in [6, 6.07) is 3.49. The molecule has 1 atom stereocenters. The molecule has 0 spiro atoms. The molecular formula is C15H22ClNO5. The van der Waals surface area contributed by atoms with Gasteiger partial charge in [0.15, 0.2) is 11.5 Å². The Morgan fingerprint density at radius 1 is 1.14 bits per heavy atom. The third-order valence-electron chi connectivity index (χ3n) is 3.64. The average Bonchev–Trinajstić information content (AvgIpc) is 2.48. The zero-order valence-electron chi connectivity index (χ0n) is 13.4. The summed E-state index contributed by atoms with van der Waals surface area (Å²) in [4.78, 5) is 11.5. The third-order valence-corrected chi connectivity index (χ3v) is 3.64. The molecule has 1 aromatic rings. The van der Waals surface area contributed by atoms with Crippen LogP contribution in [-0.4, -0.2) is 34.0 Å². The Kier molecular flexibility index (Phi) is 5.77. The van der Waals surface area contributed by atoms with Crippen molar-refractivity contribution in [3.63, 3.8) is 0 Å². The molecule has 124 valence electrons. The number of carbonyl (C=O) groups is 1. The molecule has 22 heavy (non-hydrogen) atoms. The van der Waals surface area contributed by atoms with Gasteiger partial charge in [0.05, 0.1) is 27.4 Å². The molecule has 0 saturated carbocycles. The fourth-order valence-electron chi connectivity index (χ4n) is 2.49. The van der Waals surface area contributed by atoms with Crippen LogP contribution >= 0.6 is 12.4 Å². The van der Waals surface area contributed by atoms with Crippen LogP contribution < -0.4 is 19.5 Å². The topological polar surface area (TPSA) is 66.0 Å². The Morgan fingerprint density at radius 2 is 1.68 bits per heavy atom. The first kappa shape index (κ1) is 18.2. The Hall–Kier alpha value is -1.82. The normalized spacial score (nSPS) is 19.3. The van der Waals surface area contributed by atoms with Crippen LogP contribution in [0.1, 0.15) is 25.5 Å². The summed E-state index contributed by atoms with van der Waals surface area (Å²) in [5, 5.41) is 2.85. The Bertz CT molecular complexity index is 522. The van der Waals surface area contributed by atoms with E-state index in [1.807, 2.05) is 26.0 Å². The van der Waals surface area contributed by atoms with E-state index >= 15 is 0 Å². The maximum Gasteiger partial charge on any atom is 0.407 e. The van der Waals surface area contributed by atoms with Gasteiger partial charge in [0.2, 0.25) is 5.75 Å². The SMILES string of the molecule is COc1cc([C@@H]2NC(=O)OCC2(C)C)cc(OC)c1OC.Cl. The number of methoxy groups -OCH3 is 3. The van der Waals surface area contributed by atoms with Crippen LogP contribution in [0.4, 0.5) is 4.79 Å². The molecule has 1 fully saturated rings. The number of nitrogens with one attached hydrogen (secondary N) is 1. The number of hydrogen-bond acceptors (Lipinski definition) is 5. The Balaban J connectivity index is 0.00000242. The highest BCUT2D eigenvalue weighted by atomic mass is 35.5. The van der Waals surface area contributed by atoms with Crippen molar-refractivity contribution in [3.8, 4) is 17.2 Å². The zero-order chi connectivity index (χ0) is 15.6. The minimum atomic E-state index is -0.423. The molecule has 1 saturated heterocycles. The van der Waals surface area contributed by atoms with Crippen molar-refractivity contribution in [1.29, 1.82) is 0 Å². The summed E-state index contributed by atoms with van der Waals surface area (Å²) < 4.78 is 21.1. The molecule has 1 amide bonds. The van der Waals surface area contributed by atoms with E-state index in [1.54, 1.807) is 21.3 Å². The second-order valence-corrected chi connectivity index (χ2v) is 5.60. The van der Waals surface area contributed by atoms with Gasteiger partial charge in [0.25, 0.3) is 0 Å². The van der Waals surface area contributed by atoms with Gasteiger partial charge in [-0.3, -0.25) is 0 Å². The van der Waals surface area contributed by atoms with Crippen LogP contribution in [0.5, 0.6) is 17.2 Å². The summed E-state index contributed by atoms with van der Waals surface area (Å²) in [7, 11) is 4.68. The van der Waals surface area contributed by atoms with Crippen LogP contribution in [0.25, 0.3) is 0 Å². The van der Waals surface area contributed by atoms with Crippen LogP contribution in [0.3, 0.4) is 0 Å². The second kappa shape index (κ2) is 6.96. The summed E-state index contributed by atoms with van der Waals surface area (Å²) in [6.45, 7) is 4.40. The summed E-state index contributed by atoms with van der Waals surface area (Å²) in [5.74, 6) is 1.65. The highest BCUT2D eigenvalue weighted by molar-refractivity contribution is 5.85. The largest absolute Gasteiger partial charge is 0.493 e. The maximum atomic E-state index is 11.5. The molecule has 0 aliphatic carbocycles. The standard InChI is InChI=1S/C15H21NO5.ClH/c1-15(2)8-21-14(17)16-13(15)9-6-10(18-3)12(20-5)11(7-9)19-4;/h6-7,13H,8H2,1-5H3,(H,16,17);1H/t13-;/m0./s1. The van der Waals surface area contributed by atoms with Crippen LogP contribution in [0.15, 0.2) is 12.1 Å². The molecule has 0 unspecified atom stereocenters. The quantitative estimate of drug-likeness (QED) is 0.918. The number of carbonyl (C=O) groups excluding carboxylic acids is 1. The zero-order valence-corrected chi connectivity index (χ0v) is 14.2. The van der Waals surface area contributed by atoms with E-state index in [0.717, 1.165) is 5.56 Å². The van der Waals surface area contributed by atoms with Crippen LogP contribution in [0, 0.1) is 5.41 Å².